The van der Waals surface area contributed by atoms with Crippen molar-refractivity contribution in [3.8, 4) is 0 Å². The molecule has 0 amide bonds. The number of esters is 1. The van der Waals surface area contributed by atoms with Gasteiger partial charge < -0.3 is 4.74 Å². The summed E-state index contributed by atoms with van der Waals surface area (Å²) in [5.41, 5.74) is 1.32. The molecule has 3 nitrogen and oxygen atoms in total. The number of nitrogens with zero attached hydrogens (tertiary/aromatic N) is 1. The fourth-order valence-electron chi connectivity index (χ4n) is 1.98. The highest BCUT2D eigenvalue weighted by atomic mass is 35.5. The van der Waals surface area contributed by atoms with E-state index in [4.69, 9.17) is 16.3 Å². The molecule has 2 rings (SSSR count). The minimum absolute atomic E-state index is 0.245. The summed E-state index contributed by atoms with van der Waals surface area (Å²) < 4.78 is 18.1. The van der Waals surface area contributed by atoms with Gasteiger partial charge in [0, 0.05) is 17.7 Å². The molecule has 1 aliphatic heterocycles. The molecule has 2 atom stereocenters. The van der Waals surface area contributed by atoms with Crippen molar-refractivity contribution in [1.29, 1.82) is 0 Å². The quantitative estimate of drug-likeness (QED) is 0.617. The summed E-state index contributed by atoms with van der Waals surface area (Å²) in [5.74, 6) is -1.12. The van der Waals surface area contributed by atoms with E-state index in [1.807, 2.05) is 6.92 Å². The first kappa shape index (κ1) is 13.7. The second-order valence-corrected chi connectivity index (χ2v) is 4.78. The second-order valence-electron chi connectivity index (χ2n) is 4.28. The van der Waals surface area contributed by atoms with Gasteiger partial charge in [-0.15, -0.1) is 11.6 Å². The number of hydrogen-bond donors (Lipinski definition) is 0. The molecule has 1 aliphatic rings. The molecule has 0 saturated carbocycles. The zero-order chi connectivity index (χ0) is 14.0. The number of methoxy groups -OCH3 is 1. The van der Waals surface area contributed by atoms with E-state index in [2.05, 4.69) is 4.99 Å². The molecule has 0 saturated heterocycles. The maximum atomic E-state index is 13.3. The molecule has 1 aromatic rings. The number of carbonyl (C=O) groups excluding carboxylic acids is 1. The van der Waals surface area contributed by atoms with Crippen LogP contribution in [-0.2, 0) is 9.53 Å². The Labute approximate surface area is 115 Å². The summed E-state index contributed by atoms with van der Waals surface area (Å²) in [6.07, 6.45) is 1.55. The van der Waals surface area contributed by atoms with Crippen LogP contribution in [0.2, 0.25) is 0 Å². The van der Waals surface area contributed by atoms with E-state index in [0.29, 0.717) is 16.8 Å². The minimum atomic E-state index is -0.491. The summed E-state index contributed by atoms with van der Waals surface area (Å²) >= 11 is 6.08. The van der Waals surface area contributed by atoms with Gasteiger partial charge in [-0.25, -0.2) is 9.18 Å². The summed E-state index contributed by atoms with van der Waals surface area (Å²) in [6.45, 7) is 1.81. The smallest absolute Gasteiger partial charge is 0.336 e. The molecular formula is C14H13ClFNO2. The van der Waals surface area contributed by atoms with Crippen molar-refractivity contribution in [3.05, 3.63) is 41.2 Å². The van der Waals surface area contributed by atoms with Crippen molar-refractivity contribution < 1.29 is 13.9 Å². The monoisotopic (exact) mass is 281 g/mol. The number of halogens is 2. The first-order valence-corrected chi connectivity index (χ1v) is 6.25. The van der Waals surface area contributed by atoms with Crippen LogP contribution in [0.4, 0.5) is 4.39 Å². The Hall–Kier alpha value is -1.68. The van der Waals surface area contributed by atoms with Gasteiger partial charge in [-0.2, -0.15) is 0 Å². The van der Waals surface area contributed by atoms with Crippen molar-refractivity contribution in [1.82, 2.24) is 0 Å². The van der Waals surface area contributed by atoms with Crippen LogP contribution < -0.4 is 0 Å². The Morgan fingerprint density at radius 2 is 2.21 bits per heavy atom. The van der Waals surface area contributed by atoms with Crippen LogP contribution in [0.5, 0.6) is 0 Å². The fraction of sp³-hybridized carbons (Fsp3) is 0.286. The molecule has 0 spiro atoms. The van der Waals surface area contributed by atoms with Gasteiger partial charge >= 0.3 is 5.97 Å². The topological polar surface area (TPSA) is 38.7 Å². The molecule has 0 N–H and O–H groups in total. The Morgan fingerprint density at radius 3 is 2.84 bits per heavy atom. The van der Waals surface area contributed by atoms with E-state index >= 15 is 0 Å². The second kappa shape index (κ2) is 5.53. The molecule has 0 aromatic heterocycles. The predicted molar refractivity (Wildman–Crippen MR) is 72.6 cm³/mol. The summed E-state index contributed by atoms with van der Waals surface area (Å²) in [6, 6.07) is 5.93. The van der Waals surface area contributed by atoms with Crippen molar-refractivity contribution in [2.45, 2.75) is 12.3 Å². The van der Waals surface area contributed by atoms with E-state index < -0.39 is 5.97 Å². The highest BCUT2D eigenvalue weighted by Crippen LogP contribution is 2.33. The van der Waals surface area contributed by atoms with E-state index in [1.165, 1.54) is 19.2 Å². The SMILES string of the molecule is COC(=O)C1=C(c2cccc(F)c2)N=CC(Cl)C1C. The van der Waals surface area contributed by atoms with Crippen molar-refractivity contribution >= 4 is 29.5 Å². The molecule has 5 heteroatoms. The molecular weight excluding hydrogens is 269 g/mol. The van der Waals surface area contributed by atoms with Gasteiger partial charge in [0.25, 0.3) is 0 Å². The fourth-order valence-corrected chi connectivity index (χ4v) is 2.16. The minimum Gasteiger partial charge on any atom is -0.466 e. The van der Waals surface area contributed by atoms with Crippen molar-refractivity contribution in [2.24, 2.45) is 10.9 Å². The zero-order valence-corrected chi connectivity index (χ0v) is 11.3. The number of alkyl halides is 1. The van der Waals surface area contributed by atoms with Gasteiger partial charge in [-0.05, 0) is 12.1 Å². The third-order valence-corrected chi connectivity index (χ3v) is 3.53. The number of benzene rings is 1. The van der Waals surface area contributed by atoms with Crippen LogP contribution in [0, 0.1) is 11.7 Å². The van der Waals surface area contributed by atoms with Crippen molar-refractivity contribution in [2.75, 3.05) is 7.11 Å². The number of rotatable bonds is 2. The molecule has 19 heavy (non-hydrogen) atoms. The highest BCUT2D eigenvalue weighted by molar-refractivity contribution is 6.30. The van der Waals surface area contributed by atoms with Crippen LogP contribution in [0.3, 0.4) is 0 Å². The first-order valence-electron chi connectivity index (χ1n) is 5.81. The van der Waals surface area contributed by atoms with Gasteiger partial charge in [-0.3, -0.25) is 4.99 Å². The van der Waals surface area contributed by atoms with E-state index in [-0.39, 0.29) is 17.1 Å². The lowest BCUT2D eigenvalue weighted by atomic mass is 9.91. The van der Waals surface area contributed by atoms with Gasteiger partial charge in [0.2, 0.25) is 0 Å². The summed E-state index contributed by atoms with van der Waals surface area (Å²) in [5, 5.41) is -0.383. The molecule has 1 aromatic carbocycles. The molecule has 0 fully saturated rings. The van der Waals surface area contributed by atoms with E-state index in [1.54, 1.807) is 18.3 Å². The predicted octanol–water partition coefficient (Wildman–Crippen LogP) is 3.04. The normalized spacial score (nSPS) is 22.5. The van der Waals surface area contributed by atoms with Gasteiger partial charge in [0.05, 0.1) is 23.8 Å². The lowest BCUT2D eigenvalue weighted by Gasteiger charge is -2.23. The van der Waals surface area contributed by atoms with Gasteiger partial charge in [0.15, 0.2) is 0 Å². The summed E-state index contributed by atoms with van der Waals surface area (Å²) in [4.78, 5) is 16.1. The molecule has 2 unspecified atom stereocenters. The van der Waals surface area contributed by atoms with Crippen LogP contribution in [0.1, 0.15) is 12.5 Å². The summed E-state index contributed by atoms with van der Waals surface area (Å²) in [7, 11) is 1.30. The lowest BCUT2D eigenvalue weighted by molar-refractivity contribution is -0.136. The lowest BCUT2D eigenvalue weighted by Crippen LogP contribution is -2.25. The van der Waals surface area contributed by atoms with Crippen LogP contribution in [0.25, 0.3) is 5.70 Å². The zero-order valence-electron chi connectivity index (χ0n) is 10.6. The molecule has 1 heterocycles. The molecule has 0 bridgehead atoms. The average molecular weight is 282 g/mol. The third kappa shape index (κ3) is 2.68. The first-order chi connectivity index (χ1) is 9.04. The Bertz CT molecular complexity index is 568. The Morgan fingerprint density at radius 1 is 1.47 bits per heavy atom. The number of aliphatic imine (C=N–C) groups is 1. The Kier molecular flexibility index (Phi) is 4.00. The standard InChI is InChI=1S/C14H13ClFNO2/c1-8-11(15)7-17-13(12(8)14(18)19-2)9-4-3-5-10(16)6-9/h3-8,11H,1-2H3. The van der Waals surface area contributed by atoms with Crippen LogP contribution >= 0.6 is 11.6 Å². The number of ether oxygens (including phenoxy) is 1. The molecule has 100 valence electrons. The van der Waals surface area contributed by atoms with Crippen LogP contribution in [0.15, 0.2) is 34.8 Å². The van der Waals surface area contributed by atoms with Gasteiger partial charge in [-0.1, -0.05) is 19.1 Å². The largest absolute Gasteiger partial charge is 0.466 e. The van der Waals surface area contributed by atoms with E-state index in [0.717, 1.165) is 0 Å². The Balaban J connectivity index is 2.58. The maximum Gasteiger partial charge on any atom is 0.336 e. The van der Waals surface area contributed by atoms with E-state index in [9.17, 15) is 9.18 Å². The number of carbonyl (C=O) groups is 1. The number of hydrogen-bond acceptors (Lipinski definition) is 3. The van der Waals surface area contributed by atoms with Crippen molar-refractivity contribution in [3.63, 3.8) is 0 Å². The molecule has 0 aliphatic carbocycles. The van der Waals surface area contributed by atoms with Crippen LogP contribution in [-0.4, -0.2) is 24.7 Å². The molecule has 0 radical (unpaired) electrons. The maximum absolute atomic E-state index is 13.3. The van der Waals surface area contributed by atoms with Gasteiger partial charge in [0.1, 0.15) is 5.82 Å². The third-order valence-electron chi connectivity index (χ3n) is 3.04. The highest BCUT2D eigenvalue weighted by Gasteiger charge is 2.30. The average Bonchev–Trinajstić information content (AvgIpc) is 2.40.